The van der Waals surface area contributed by atoms with Gasteiger partial charge in [0.15, 0.2) is 0 Å². The predicted molar refractivity (Wildman–Crippen MR) is 82.3 cm³/mol. The van der Waals surface area contributed by atoms with Gasteiger partial charge >= 0.3 is 5.69 Å². The Balaban J connectivity index is 2.24. The first-order chi connectivity index (χ1) is 10.0. The maximum Gasteiger partial charge on any atom is 0.332 e. The molecular formula is C12H16N6O2S. The number of aryl methyl sites for hydroxylation is 1. The number of nitrogens with two attached hydrogens (primary N) is 1. The zero-order chi connectivity index (χ0) is 15.4. The lowest BCUT2D eigenvalue weighted by Crippen LogP contribution is -2.21. The second kappa shape index (κ2) is 6.46. The van der Waals surface area contributed by atoms with Gasteiger partial charge in [0.2, 0.25) is 11.8 Å². The van der Waals surface area contributed by atoms with E-state index >= 15 is 0 Å². The number of thiophene rings is 1. The average molecular weight is 308 g/mol. The van der Waals surface area contributed by atoms with Gasteiger partial charge in [0, 0.05) is 17.3 Å². The van der Waals surface area contributed by atoms with E-state index in [9.17, 15) is 10.1 Å². The van der Waals surface area contributed by atoms with Crippen molar-refractivity contribution in [1.29, 1.82) is 0 Å². The van der Waals surface area contributed by atoms with Crippen molar-refractivity contribution >= 4 is 28.8 Å². The van der Waals surface area contributed by atoms with E-state index in [4.69, 9.17) is 5.84 Å². The number of aromatic nitrogens is 2. The van der Waals surface area contributed by atoms with E-state index in [2.05, 4.69) is 20.7 Å². The van der Waals surface area contributed by atoms with Crippen molar-refractivity contribution in [3.63, 3.8) is 0 Å². The van der Waals surface area contributed by atoms with Gasteiger partial charge in [0.05, 0.1) is 4.92 Å². The highest BCUT2D eigenvalue weighted by molar-refractivity contribution is 7.09. The van der Waals surface area contributed by atoms with E-state index in [0.29, 0.717) is 0 Å². The molecule has 21 heavy (non-hydrogen) atoms. The fourth-order valence-electron chi connectivity index (χ4n) is 1.97. The van der Waals surface area contributed by atoms with Crippen LogP contribution >= 0.6 is 11.3 Å². The average Bonchev–Trinajstić information content (AvgIpc) is 2.90. The summed E-state index contributed by atoms with van der Waals surface area (Å²) in [5, 5.41) is 16.2. The second-order valence-corrected chi connectivity index (χ2v) is 5.59. The molecule has 0 radical (unpaired) electrons. The lowest BCUT2D eigenvalue weighted by molar-refractivity contribution is -0.385. The first kappa shape index (κ1) is 15.1. The Morgan fingerprint density at radius 2 is 2.29 bits per heavy atom. The van der Waals surface area contributed by atoms with Crippen molar-refractivity contribution < 1.29 is 4.92 Å². The standard InChI is InChI=1S/C12H16N6O2S/c1-7(6-9-4-3-5-21-9)14-11-10(18(19)20)8(2)15-12(16-11)17-13/h3-5,7H,6,13H2,1-2H3,(H2,14,15,16,17). The van der Waals surface area contributed by atoms with Crippen LogP contribution in [0.5, 0.6) is 0 Å². The van der Waals surface area contributed by atoms with Crippen molar-refractivity contribution in [2.24, 2.45) is 5.84 Å². The van der Waals surface area contributed by atoms with Crippen LogP contribution in [0.3, 0.4) is 0 Å². The zero-order valence-corrected chi connectivity index (χ0v) is 12.5. The summed E-state index contributed by atoms with van der Waals surface area (Å²) in [6, 6.07) is 3.98. The molecule has 112 valence electrons. The molecule has 0 aliphatic carbocycles. The molecule has 0 spiro atoms. The molecule has 0 saturated heterocycles. The van der Waals surface area contributed by atoms with Crippen molar-refractivity contribution in [3.05, 3.63) is 38.2 Å². The number of hydrogen-bond acceptors (Lipinski definition) is 8. The van der Waals surface area contributed by atoms with Crippen LogP contribution < -0.4 is 16.6 Å². The molecule has 1 atom stereocenters. The largest absolute Gasteiger partial charge is 0.361 e. The highest BCUT2D eigenvalue weighted by Gasteiger charge is 2.23. The molecule has 2 aromatic rings. The first-order valence-electron chi connectivity index (χ1n) is 6.29. The van der Waals surface area contributed by atoms with E-state index in [1.807, 2.05) is 24.4 Å². The van der Waals surface area contributed by atoms with Crippen LogP contribution in [0.15, 0.2) is 17.5 Å². The summed E-state index contributed by atoms with van der Waals surface area (Å²) in [6.07, 6.45) is 0.753. The molecule has 2 heterocycles. The van der Waals surface area contributed by atoms with Gasteiger partial charge in [0.1, 0.15) is 5.69 Å². The maximum atomic E-state index is 11.2. The lowest BCUT2D eigenvalue weighted by Gasteiger charge is -2.15. The third kappa shape index (κ3) is 3.64. The van der Waals surface area contributed by atoms with Crippen LogP contribution in [0.4, 0.5) is 17.5 Å². The number of anilines is 2. The van der Waals surface area contributed by atoms with Gasteiger partial charge in [-0.2, -0.15) is 4.98 Å². The number of nitrogens with zero attached hydrogens (tertiary/aromatic N) is 3. The molecule has 0 bridgehead atoms. The first-order valence-corrected chi connectivity index (χ1v) is 7.17. The highest BCUT2D eigenvalue weighted by Crippen LogP contribution is 2.27. The van der Waals surface area contributed by atoms with Crippen LogP contribution in [0.25, 0.3) is 0 Å². The van der Waals surface area contributed by atoms with Crippen LogP contribution in [0.1, 0.15) is 17.5 Å². The van der Waals surface area contributed by atoms with E-state index in [-0.39, 0.29) is 29.2 Å². The third-order valence-corrected chi connectivity index (χ3v) is 3.74. The molecule has 0 fully saturated rings. The summed E-state index contributed by atoms with van der Waals surface area (Å²) in [5.74, 6) is 5.60. The van der Waals surface area contributed by atoms with E-state index in [1.54, 1.807) is 18.3 Å². The Kier molecular flexibility index (Phi) is 4.66. The molecule has 8 nitrogen and oxygen atoms in total. The Bertz CT molecular complexity index is 631. The number of nitrogen functional groups attached to an aromatic ring is 1. The smallest absolute Gasteiger partial charge is 0.332 e. The number of hydrogen-bond donors (Lipinski definition) is 3. The summed E-state index contributed by atoms with van der Waals surface area (Å²) in [4.78, 5) is 19.9. The van der Waals surface area contributed by atoms with Crippen molar-refractivity contribution in [1.82, 2.24) is 9.97 Å². The Labute approximate surface area is 125 Å². The molecule has 0 aromatic carbocycles. The quantitative estimate of drug-likeness (QED) is 0.424. The van der Waals surface area contributed by atoms with Crippen molar-refractivity contribution in [2.45, 2.75) is 26.3 Å². The lowest BCUT2D eigenvalue weighted by atomic mass is 10.2. The number of hydrazine groups is 1. The Morgan fingerprint density at radius 1 is 1.52 bits per heavy atom. The molecule has 0 aliphatic heterocycles. The molecule has 4 N–H and O–H groups in total. The zero-order valence-electron chi connectivity index (χ0n) is 11.7. The topological polar surface area (TPSA) is 119 Å². The fraction of sp³-hybridized carbons (Fsp3) is 0.333. The molecule has 0 aliphatic rings. The van der Waals surface area contributed by atoms with Gasteiger partial charge < -0.3 is 5.32 Å². The van der Waals surface area contributed by atoms with Crippen LogP contribution in [-0.2, 0) is 6.42 Å². The summed E-state index contributed by atoms with van der Waals surface area (Å²) in [5.41, 5.74) is 2.44. The van der Waals surface area contributed by atoms with Gasteiger partial charge in [-0.3, -0.25) is 15.5 Å². The van der Waals surface area contributed by atoms with Crippen LogP contribution in [0, 0.1) is 17.0 Å². The SMILES string of the molecule is Cc1nc(NN)nc(NC(C)Cc2cccs2)c1[N+](=O)[O-]. The van der Waals surface area contributed by atoms with Gasteiger partial charge in [-0.05, 0) is 25.3 Å². The van der Waals surface area contributed by atoms with Gasteiger partial charge in [0.25, 0.3) is 0 Å². The molecule has 0 amide bonds. The van der Waals surface area contributed by atoms with Crippen LogP contribution in [-0.4, -0.2) is 20.9 Å². The molecule has 1 unspecified atom stereocenters. The predicted octanol–water partition coefficient (Wildman–Crippen LogP) is 2.08. The normalized spacial score (nSPS) is 12.0. The minimum absolute atomic E-state index is 0.0118. The molecule has 9 heteroatoms. The molecule has 0 saturated carbocycles. The van der Waals surface area contributed by atoms with E-state index in [1.165, 1.54) is 4.88 Å². The van der Waals surface area contributed by atoms with E-state index < -0.39 is 4.92 Å². The monoisotopic (exact) mass is 308 g/mol. The highest BCUT2D eigenvalue weighted by atomic mass is 32.1. The van der Waals surface area contributed by atoms with Crippen molar-refractivity contribution in [3.8, 4) is 0 Å². The fourth-order valence-corrected chi connectivity index (χ4v) is 2.80. The second-order valence-electron chi connectivity index (χ2n) is 4.56. The molecule has 2 rings (SSSR count). The molecule has 2 aromatic heterocycles. The Hall–Kier alpha value is -2.26. The van der Waals surface area contributed by atoms with Gasteiger partial charge in [-0.25, -0.2) is 10.8 Å². The van der Waals surface area contributed by atoms with Crippen molar-refractivity contribution in [2.75, 3.05) is 10.7 Å². The van der Waals surface area contributed by atoms with E-state index in [0.717, 1.165) is 6.42 Å². The number of nitrogens with one attached hydrogen (secondary N) is 2. The number of rotatable bonds is 6. The van der Waals surface area contributed by atoms with Gasteiger partial charge in [-0.15, -0.1) is 11.3 Å². The Morgan fingerprint density at radius 3 is 2.86 bits per heavy atom. The van der Waals surface area contributed by atoms with Crippen LogP contribution in [0.2, 0.25) is 0 Å². The summed E-state index contributed by atoms with van der Waals surface area (Å²) < 4.78 is 0. The number of nitro groups is 1. The molecular weight excluding hydrogens is 292 g/mol. The maximum absolute atomic E-state index is 11.2. The minimum atomic E-state index is -0.490. The summed E-state index contributed by atoms with van der Waals surface area (Å²) in [7, 11) is 0. The third-order valence-electron chi connectivity index (χ3n) is 2.84. The minimum Gasteiger partial charge on any atom is -0.361 e. The van der Waals surface area contributed by atoms with Gasteiger partial charge in [-0.1, -0.05) is 6.07 Å². The summed E-state index contributed by atoms with van der Waals surface area (Å²) >= 11 is 1.64. The summed E-state index contributed by atoms with van der Waals surface area (Å²) in [6.45, 7) is 3.49.